The maximum absolute atomic E-state index is 13.9. The van der Waals surface area contributed by atoms with Gasteiger partial charge in [-0.25, -0.2) is 4.39 Å². The van der Waals surface area contributed by atoms with E-state index >= 15 is 0 Å². The third kappa shape index (κ3) is 2.12. The number of nitrogens with zero attached hydrogens (tertiary/aromatic N) is 2. The highest BCUT2D eigenvalue weighted by molar-refractivity contribution is 14.1. The molecule has 1 aromatic heterocycles. The van der Waals surface area contributed by atoms with E-state index in [0.29, 0.717) is 14.4 Å². The fourth-order valence-corrected chi connectivity index (χ4v) is 4.06. The van der Waals surface area contributed by atoms with Crippen LogP contribution in [-0.4, -0.2) is 33.6 Å². The summed E-state index contributed by atoms with van der Waals surface area (Å²) in [6.07, 6.45) is 3.77. The fourth-order valence-electron chi connectivity index (χ4n) is 3.23. The molecule has 2 aliphatic rings. The Labute approximate surface area is 135 Å². The second-order valence-electron chi connectivity index (χ2n) is 5.75. The molecule has 106 valence electrons. The molecule has 1 saturated heterocycles. The molecule has 0 spiro atoms. The van der Waals surface area contributed by atoms with Gasteiger partial charge in [-0.2, -0.15) is 0 Å². The number of hydrogen-bond donors (Lipinski definition) is 1. The van der Waals surface area contributed by atoms with Crippen molar-refractivity contribution < 1.29 is 4.39 Å². The minimum absolute atomic E-state index is 0.169. The molecule has 0 bridgehead atoms. The van der Waals surface area contributed by atoms with E-state index in [1.807, 2.05) is 28.7 Å². The smallest absolute Gasteiger partial charge is 0.178 e. The van der Waals surface area contributed by atoms with Crippen LogP contribution in [0, 0.1) is 14.2 Å². The van der Waals surface area contributed by atoms with E-state index in [1.165, 1.54) is 12.8 Å². The van der Waals surface area contributed by atoms with Gasteiger partial charge in [0, 0.05) is 25.2 Å². The Morgan fingerprint density at radius 3 is 2.80 bits per heavy atom. The Bertz CT molecular complexity index is 734. The quantitative estimate of drug-likeness (QED) is 0.609. The van der Waals surface area contributed by atoms with E-state index < -0.39 is 0 Å². The summed E-state index contributed by atoms with van der Waals surface area (Å²) in [6.45, 7) is 2.18. The number of rotatable bonds is 2. The molecule has 2 fully saturated rings. The van der Waals surface area contributed by atoms with Crippen molar-refractivity contribution in [2.75, 3.05) is 13.1 Å². The third-order valence-corrected chi connectivity index (χ3v) is 5.51. The summed E-state index contributed by atoms with van der Waals surface area (Å²) in [4.78, 5) is 5.77. The molecule has 2 aromatic rings. The van der Waals surface area contributed by atoms with Crippen LogP contribution in [0.3, 0.4) is 0 Å². The summed E-state index contributed by atoms with van der Waals surface area (Å²) in [5.41, 5.74) is 1.83. The molecule has 1 atom stereocenters. The Kier molecular flexibility index (Phi) is 3.15. The summed E-state index contributed by atoms with van der Waals surface area (Å²) in [5.74, 6) is -0.169. The molecule has 1 saturated carbocycles. The first-order chi connectivity index (χ1) is 9.63. The number of benzene rings is 1. The zero-order chi connectivity index (χ0) is 13.9. The van der Waals surface area contributed by atoms with Gasteiger partial charge < -0.3 is 9.55 Å². The number of aromatic amines is 1. The largest absolute Gasteiger partial charge is 0.331 e. The van der Waals surface area contributed by atoms with Crippen molar-refractivity contribution in [3.05, 3.63) is 26.3 Å². The number of H-pyrrole nitrogens is 1. The summed E-state index contributed by atoms with van der Waals surface area (Å²) in [7, 11) is 0. The molecular formula is C14H15FIN3S. The van der Waals surface area contributed by atoms with Gasteiger partial charge in [-0.05, 0) is 60.1 Å². The highest BCUT2D eigenvalue weighted by Crippen LogP contribution is 2.35. The molecule has 4 rings (SSSR count). The van der Waals surface area contributed by atoms with Crippen molar-refractivity contribution in [3.63, 3.8) is 0 Å². The van der Waals surface area contributed by atoms with Crippen LogP contribution in [0.1, 0.15) is 25.3 Å². The third-order valence-electron chi connectivity index (χ3n) is 4.38. The molecule has 1 aromatic carbocycles. The predicted octanol–water partition coefficient (Wildman–Crippen LogP) is 3.85. The van der Waals surface area contributed by atoms with Crippen LogP contribution < -0.4 is 0 Å². The molecule has 20 heavy (non-hydrogen) atoms. The lowest BCUT2D eigenvalue weighted by molar-refractivity contribution is 0.314. The van der Waals surface area contributed by atoms with Gasteiger partial charge in [0.15, 0.2) is 4.77 Å². The van der Waals surface area contributed by atoms with Gasteiger partial charge in [0.2, 0.25) is 0 Å². The Morgan fingerprint density at radius 2 is 2.05 bits per heavy atom. The molecule has 3 nitrogen and oxygen atoms in total. The number of likely N-dealkylation sites (tertiary alicyclic amines) is 1. The average Bonchev–Trinajstić information content (AvgIpc) is 3.06. The predicted molar refractivity (Wildman–Crippen MR) is 88.0 cm³/mol. The normalized spacial score (nSPS) is 23.8. The molecule has 1 aliphatic heterocycles. The zero-order valence-corrected chi connectivity index (χ0v) is 13.9. The number of fused-ring (bicyclic) bond motifs is 1. The van der Waals surface area contributed by atoms with Gasteiger partial charge in [0.05, 0.1) is 20.6 Å². The van der Waals surface area contributed by atoms with Gasteiger partial charge in [-0.15, -0.1) is 0 Å². The SMILES string of the molecule is Fc1cc2c(cc1I)[nH]c(=S)n2C1CCN(C2CC2)C1. The first kappa shape index (κ1) is 13.2. The molecule has 0 radical (unpaired) electrons. The number of nitrogens with one attached hydrogen (secondary N) is 1. The Balaban J connectivity index is 1.77. The van der Waals surface area contributed by atoms with Gasteiger partial charge in [-0.1, -0.05) is 0 Å². The van der Waals surface area contributed by atoms with Gasteiger partial charge >= 0.3 is 0 Å². The first-order valence-corrected chi connectivity index (χ1v) is 8.45. The van der Waals surface area contributed by atoms with Crippen LogP contribution in [0.2, 0.25) is 0 Å². The number of hydrogen-bond acceptors (Lipinski definition) is 2. The van der Waals surface area contributed by atoms with E-state index in [9.17, 15) is 4.39 Å². The summed E-state index contributed by atoms with van der Waals surface area (Å²) < 4.78 is 17.3. The fraction of sp³-hybridized carbons (Fsp3) is 0.500. The minimum atomic E-state index is -0.169. The van der Waals surface area contributed by atoms with E-state index in [1.54, 1.807) is 6.07 Å². The van der Waals surface area contributed by atoms with E-state index in [4.69, 9.17) is 12.2 Å². The van der Waals surface area contributed by atoms with Crippen molar-refractivity contribution in [3.8, 4) is 0 Å². The second-order valence-corrected chi connectivity index (χ2v) is 7.30. The molecule has 6 heteroatoms. The maximum atomic E-state index is 13.9. The lowest BCUT2D eigenvalue weighted by atomic mass is 10.2. The Morgan fingerprint density at radius 1 is 1.25 bits per heavy atom. The maximum Gasteiger partial charge on any atom is 0.178 e. The summed E-state index contributed by atoms with van der Waals surface area (Å²) >= 11 is 7.48. The van der Waals surface area contributed by atoms with Crippen molar-refractivity contribution >= 4 is 45.8 Å². The molecule has 0 amide bonds. The number of halogens is 2. The lowest BCUT2D eigenvalue weighted by Crippen LogP contribution is -2.23. The van der Waals surface area contributed by atoms with Gasteiger partial charge in [0.25, 0.3) is 0 Å². The van der Waals surface area contributed by atoms with Gasteiger partial charge in [-0.3, -0.25) is 4.90 Å². The van der Waals surface area contributed by atoms with Crippen LogP contribution in [0.5, 0.6) is 0 Å². The molecule has 1 unspecified atom stereocenters. The van der Waals surface area contributed by atoms with E-state index in [-0.39, 0.29) is 5.82 Å². The van der Waals surface area contributed by atoms with Crippen LogP contribution in [0.15, 0.2) is 12.1 Å². The topological polar surface area (TPSA) is 24.0 Å². The van der Waals surface area contributed by atoms with Crippen molar-refractivity contribution in [1.82, 2.24) is 14.5 Å². The van der Waals surface area contributed by atoms with Crippen molar-refractivity contribution in [2.45, 2.75) is 31.3 Å². The Hall–Kier alpha value is -0.470. The van der Waals surface area contributed by atoms with E-state index in [0.717, 1.165) is 36.6 Å². The summed E-state index contributed by atoms with van der Waals surface area (Å²) in [6, 6.07) is 4.61. The number of imidazole rings is 1. The molecule has 1 N–H and O–H groups in total. The monoisotopic (exact) mass is 403 g/mol. The van der Waals surface area contributed by atoms with Crippen molar-refractivity contribution in [2.24, 2.45) is 0 Å². The highest BCUT2D eigenvalue weighted by Gasteiger charge is 2.35. The molecule has 2 heterocycles. The second kappa shape index (κ2) is 4.78. The van der Waals surface area contributed by atoms with Crippen LogP contribution in [-0.2, 0) is 0 Å². The summed E-state index contributed by atoms with van der Waals surface area (Å²) in [5, 5.41) is 0. The zero-order valence-electron chi connectivity index (χ0n) is 10.9. The van der Waals surface area contributed by atoms with Crippen LogP contribution in [0.25, 0.3) is 11.0 Å². The van der Waals surface area contributed by atoms with Gasteiger partial charge in [0.1, 0.15) is 5.82 Å². The van der Waals surface area contributed by atoms with Crippen LogP contribution in [0.4, 0.5) is 4.39 Å². The molecular weight excluding hydrogens is 388 g/mol. The number of aromatic nitrogens is 2. The lowest BCUT2D eigenvalue weighted by Gasteiger charge is -2.16. The minimum Gasteiger partial charge on any atom is -0.331 e. The first-order valence-electron chi connectivity index (χ1n) is 6.97. The van der Waals surface area contributed by atoms with Crippen molar-refractivity contribution in [1.29, 1.82) is 0 Å². The van der Waals surface area contributed by atoms with E-state index in [2.05, 4.69) is 14.5 Å². The average molecular weight is 403 g/mol. The molecule has 1 aliphatic carbocycles. The van der Waals surface area contributed by atoms with Crippen LogP contribution >= 0.6 is 34.8 Å². The standard InChI is InChI=1S/C14H15FIN3S/c15-10-5-13-12(6-11(10)16)17-14(20)19(13)9-3-4-18(7-9)8-1-2-8/h5-6,8-9H,1-4,7H2,(H,17,20). The highest BCUT2D eigenvalue weighted by atomic mass is 127.